The molecule has 0 unspecified atom stereocenters. The minimum atomic E-state index is -0.186. The summed E-state index contributed by atoms with van der Waals surface area (Å²) in [5, 5.41) is 11.9. The van der Waals surface area contributed by atoms with Crippen LogP contribution in [0, 0.1) is 6.92 Å². The van der Waals surface area contributed by atoms with Crippen LogP contribution in [0.15, 0.2) is 18.2 Å². The molecule has 1 rings (SSSR count). The Balaban J connectivity index is 2.56. The van der Waals surface area contributed by atoms with Crippen LogP contribution in [-0.2, 0) is 16.2 Å². The predicted molar refractivity (Wildman–Crippen MR) is 82.9 cm³/mol. The maximum absolute atomic E-state index is 11.9. The Labute approximate surface area is 126 Å². The highest BCUT2D eigenvalue weighted by molar-refractivity contribution is 5.93. The lowest BCUT2D eigenvalue weighted by molar-refractivity contribution is -0.132. The summed E-state index contributed by atoms with van der Waals surface area (Å²) in [5.41, 5.74) is 2.35. The minimum Gasteiger partial charge on any atom is -0.392 e. The molecule has 2 amide bonds. The first-order chi connectivity index (χ1) is 10.0. The lowest BCUT2D eigenvalue weighted by atomic mass is 10.1. The number of hydrogen-bond donors (Lipinski definition) is 2. The van der Waals surface area contributed by atoms with E-state index in [4.69, 9.17) is 5.11 Å². The van der Waals surface area contributed by atoms with Crippen molar-refractivity contribution in [1.29, 1.82) is 0 Å². The fourth-order valence-corrected chi connectivity index (χ4v) is 2.07. The number of nitrogens with one attached hydrogen (secondary N) is 1. The van der Waals surface area contributed by atoms with Crippen LogP contribution in [0.4, 0.5) is 5.69 Å². The van der Waals surface area contributed by atoms with Crippen molar-refractivity contribution < 1.29 is 14.7 Å². The van der Waals surface area contributed by atoms with Crippen molar-refractivity contribution in [3.8, 4) is 0 Å². The topological polar surface area (TPSA) is 69.6 Å². The quantitative estimate of drug-likeness (QED) is 0.808. The molecule has 0 bridgehead atoms. The predicted octanol–water partition coefficient (Wildman–Crippen LogP) is 2.07. The highest BCUT2D eigenvalue weighted by atomic mass is 16.3. The fraction of sp³-hybridized carbons (Fsp3) is 0.500. The second-order valence-corrected chi connectivity index (χ2v) is 4.92. The number of aliphatic hydroxyl groups excluding tert-OH is 1. The summed E-state index contributed by atoms with van der Waals surface area (Å²) < 4.78 is 0. The molecule has 21 heavy (non-hydrogen) atoms. The normalized spacial score (nSPS) is 10.3. The number of anilines is 1. The van der Waals surface area contributed by atoms with Gasteiger partial charge in [0.15, 0.2) is 0 Å². The number of hydrogen-bond acceptors (Lipinski definition) is 3. The van der Waals surface area contributed by atoms with Crippen LogP contribution < -0.4 is 5.32 Å². The first kappa shape index (κ1) is 17.2. The number of benzene rings is 1. The van der Waals surface area contributed by atoms with Crippen LogP contribution in [0.3, 0.4) is 0 Å². The SMILES string of the molecule is CCN(CC)C(=O)CCC(=O)Nc1cc(CO)ccc1C. The van der Waals surface area contributed by atoms with Crippen LogP contribution in [0.25, 0.3) is 0 Å². The fourth-order valence-electron chi connectivity index (χ4n) is 2.07. The molecule has 0 saturated heterocycles. The molecular formula is C16H24N2O3. The number of carbonyl (C=O) groups is 2. The summed E-state index contributed by atoms with van der Waals surface area (Å²) in [6, 6.07) is 5.41. The third-order valence-corrected chi connectivity index (χ3v) is 3.44. The average Bonchev–Trinajstić information content (AvgIpc) is 2.48. The van der Waals surface area contributed by atoms with E-state index >= 15 is 0 Å². The maximum atomic E-state index is 11.9. The van der Waals surface area contributed by atoms with Crippen LogP contribution in [-0.4, -0.2) is 34.9 Å². The first-order valence-corrected chi connectivity index (χ1v) is 7.29. The third-order valence-electron chi connectivity index (χ3n) is 3.44. The van der Waals surface area contributed by atoms with Crippen molar-refractivity contribution in [2.24, 2.45) is 0 Å². The van der Waals surface area contributed by atoms with Crippen LogP contribution >= 0.6 is 0 Å². The molecule has 0 spiro atoms. The zero-order valence-corrected chi connectivity index (χ0v) is 13.0. The molecule has 0 saturated carbocycles. The Morgan fingerprint density at radius 1 is 1.19 bits per heavy atom. The zero-order valence-electron chi connectivity index (χ0n) is 13.0. The Morgan fingerprint density at radius 3 is 2.43 bits per heavy atom. The van der Waals surface area contributed by atoms with Gasteiger partial charge in [-0.2, -0.15) is 0 Å². The summed E-state index contributed by atoms with van der Waals surface area (Å²) >= 11 is 0. The molecule has 5 nitrogen and oxygen atoms in total. The van der Waals surface area contributed by atoms with Gasteiger partial charge in [0.25, 0.3) is 0 Å². The van der Waals surface area contributed by atoms with Gasteiger partial charge in [-0.05, 0) is 38.0 Å². The second-order valence-electron chi connectivity index (χ2n) is 4.92. The lowest BCUT2D eigenvalue weighted by Crippen LogP contribution is -2.31. The van der Waals surface area contributed by atoms with Gasteiger partial charge >= 0.3 is 0 Å². The van der Waals surface area contributed by atoms with Gasteiger partial charge in [-0.1, -0.05) is 12.1 Å². The largest absolute Gasteiger partial charge is 0.392 e. The van der Waals surface area contributed by atoms with Crippen LogP contribution in [0.1, 0.15) is 37.8 Å². The molecule has 0 fully saturated rings. The molecule has 0 atom stereocenters. The van der Waals surface area contributed by atoms with E-state index in [1.807, 2.05) is 32.9 Å². The smallest absolute Gasteiger partial charge is 0.224 e. The van der Waals surface area contributed by atoms with Crippen molar-refractivity contribution in [2.75, 3.05) is 18.4 Å². The van der Waals surface area contributed by atoms with E-state index in [-0.39, 0.29) is 31.3 Å². The molecule has 0 radical (unpaired) electrons. The Bertz CT molecular complexity index is 496. The van der Waals surface area contributed by atoms with E-state index in [1.165, 1.54) is 0 Å². The molecule has 1 aromatic carbocycles. The number of aliphatic hydroxyl groups is 1. The molecule has 2 N–H and O–H groups in total. The van der Waals surface area contributed by atoms with E-state index < -0.39 is 0 Å². The molecule has 0 heterocycles. The monoisotopic (exact) mass is 292 g/mol. The lowest BCUT2D eigenvalue weighted by Gasteiger charge is -2.18. The number of rotatable bonds is 7. The molecule has 1 aromatic rings. The number of nitrogens with zero attached hydrogens (tertiary/aromatic N) is 1. The minimum absolute atomic E-state index is 0.00372. The summed E-state index contributed by atoms with van der Waals surface area (Å²) in [7, 11) is 0. The zero-order chi connectivity index (χ0) is 15.8. The van der Waals surface area contributed by atoms with Gasteiger partial charge in [0.1, 0.15) is 0 Å². The molecule has 0 aromatic heterocycles. The number of carbonyl (C=O) groups excluding carboxylic acids is 2. The average molecular weight is 292 g/mol. The molecular weight excluding hydrogens is 268 g/mol. The molecule has 0 aliphatic carbocycles. The van der Waals surface area contributed by atoms with E-state index in [0.29, 0.717) is 18.8 Å². The van der Waals surface area contributed by atoms with Crippen LogP contribution in [0.2, 0.25) is 0 Å². The summed E-state index contributed by atoms with van der Waals surface area (Å²) in [6.45, 7) is 6.99. The maximum Gasteiger partial charge on any atom is 0.224 e. The van der Waals surface area contributed by atoms with Crippen molar-refractivity contribution in [3.05, 3.63) is 29.3 Å². The van der Waals surface area contributed by atoms with Crippen molar-refractivity contribution >= 4 is 17.5 Å². The second kappa shape index (κ2) is 8.42. The summed E-state index contributed by atoms with van der Waals surface area (Å²) in [6.07, 6.45) is 0.379. The van der Waals surface area contributed by atoms with Gasteiger partial charge in [-0.3, -0.25) is 9.59 Å². The highest BCUT2D eigenvalue weighted by Gasteiger charge is 2.12. The number of aryl methyl sites for hydroxylation is 1. The standard InChI is InChI=1S/C16H24N2O3/c1-4-18(5-2)16(21)9-8-15(20)17-14-10-13(11-19)7-6-12(14)3/h6-7,10,19H,4-5,8-9,11H2,1-3H3,(H,17,20). The third kappa shape index (κ3) is 5.19. The van der Waals surface area contributed by atoms with Gasteiger partial charge in [0.05, 0.1) is 6.61 Å². The van der Waals surface area contributed by atoms with Crippen LogP contribution in [0.5, 0.6) is 0 Å². The van der Waals surface area contributed by atoms with Crippen molar-refractivity contribution in [3.63, 3.8) is 0 Å². The Kier molecular flexibility index (Phi) is 6.88. The summed E-state index contributed by atoms with van der Waals surface area (Å²) in [5.74, 6) is -0.190. The van der Waals surface area contributed by atoms with Crippen molar-refractivity contribution in [1.82, 2.24) is 4.90 Å². The first-order valence-electron chi connectivity index (χ1n) is 7.29. The Hall–Kier alpha value is -1.88. The van der Waals surface area contributed by atoms with Crippen molar-refractivity contribution in [2.45, 2.75) is 40.2 Å². The Morgan fingerprint density at radius 2 is 1.86 bits per heavy atom. The van der Waals surface area contributed by atoms with Gasteiger partial charge < -0.3 is 15.3 Å². The summed E-state index contributed by atoms with van der Waals surface area (Å²) in [4.78, 5) is 25.5. The van der Waals surface area contributed by atoms with Gasteiger partial charge in [-0.25, -0.2) is 0 Å². The number of amides is 2. The van der Waals surface area contributed by atoms with Gasteiger partial charge in [0, 0.05) is 31.6 Å². The molecule has 0 aliphatic rings. The van der Waals surface area contributed by atoms with E-state index in [9.17, 15) is 9.59 Å². The molecule has 0 aliphatic heterocycles. The van der Waals surface area contributed by atoms with E-state index in [1.54, 1.807) is 11.0 Å². The highest BCUT2D eigenvalue weighted by Crippen LogP contribution is 2.17. The molecule has 5 heteroatoms. The molecule has 116 valence electrons. The van der Waals surface area contributed by atoms with Gasteiger partial charge in [-0.15, -0.1) is 0 Å². The van der Waals surface area contributed by atoms with E-state index in [2.05, 4.69) is 5.32 Å². The van der Waals surface area contributed by atoms with Gasteiger partial charge in [0.2, 0.25) is 11.8 Å². The van der Waals surface area contributed by atoms with E-state index in [0.717, 1.165) is 11.1 Å².